The maximum absolute atomic E-state index is 12.1. The highest BCUT2D eigenvalue weighted by Crippen LogP contribution is 2.26. The smallest absolute Gasteiger partial charge is 0.166 e. The molecular formula is C14H16O2. The predicted octanol–water partition coefficient (Wildman–Crippen LogP) is 3.12. The quantitative estimate of drug-likeness (QED) is 0.667. The summed E-state index contributed by atoms with van der Waals surface area (Å²) in [7, 11) is 0. The minimum absolute atomic E-state index is 0.0247. The second kappa shape index (κ2) is 4.20. The van der Waals surface area contributed by atoms with E-state index in [1.54, 1.807) is 12.1 Å². The molecular weight excluding hydrogens is 200 g/mol. The molecule has 2 heteroatoms. The van der Waals surface area contributed by atoms with Gasteiger partial charge in [-0.3, -0.25) is 9.59 Å². The van der Waals surface area contributed by atoms with E-state index in [1.807, 2.05) is 26.0 Å². The van der Waals surface area contributed by atoms with Crippen LogP contribution in [0, 0.1) is 11.8 Å². The number of benzene rings is 1. The Labute approximate surface area is 95.7 Å². The van der Waals surface area contributed by atoms with Gasteiger partial charge >= 0.3 is 0 Å². The maximum Gasteiger partial charge on any atom is 0.166 e. The van der Waals surface area contributed by atoms with Crippen LogP contribution in [0.5, 0.6) is 0 Å². The lowest BCUT2D eigenvalue weighted by Gasteiger charge is -2.20. The number of rotatable bonds is 0. The fourth-order valence-corrected chi connectivity index (χ4v) is 2.21. The monoisotopic (exact) mass is 216 g/mol. The highest BCUT2D eigenvalue weighted by molar-refractivity contribution is 6.10. The molecule has 16 heavy (non-hydrogen) atoms. The molecule has 0 bridgehead atoms. The van der Waals surface area contributed by atoms with Gasteiger partial charge in [0.2, 0.25) is 0 Å². The molecule has 0 radical (unpaired) electrons. The molecule has 0 heterocycles. The summed E-state index contributed by atoms with van der Waals surface area (Å²) in [5, 5.41) is 0. The zero-order valence-electron chi connectivity index (χ0n) is 9.69. The molecule has 1 aliphatic carbocycles. The maximum atomic E-state index is 12.1. The fraction of sp³-hybridized carbons (Fsp3) is 0.429. The number of hydrogen-bond acceptors (Lipinski definition) is 2. The van der Waals surface area contributed by atoms with Gasteiger partial charge in [-0.25, -0.2) is 0 Å². The third-order valence-electron chi connectivity index (χ3n) is 3.39. The van der Waals surface area contributed by atoms with E-state index in [-0.39, 0.29) is 23.4 Å². The van der Waals surface area contributed by atoms with Crippen LogP contribution in [0.3, 0.4) is 0 Å². The predicted molar refractivity (Wildman–Crippen MR) is 62.7 cm³/mol. The van der Waals surface area contributed by atoms with Crippen molar-refractivity contribution in [2.75, 3.05) is 0 Å². The SMILES string of the molecule is C[C@H]1CC[C@H](C)C(=O)c2ccccc2C1=O. The van der Waals surface area contributed by atoms with Gasteiger partial charge in [0.25, 0.3) is 0 Å². The van der Waals surface area contributed by atoms with Crippen LogP contribution in [-0.4, -0.2) is 11.6 Å². The van der Waals surface area contributed by atoms with Gasteiger partial charge in [0.15, 0.2) is 11.6 Å². The standard InChI is InChI=1S/C14H16O2/c1-9-7-8-10(2)14(16)12-6-4-3-5-11(12)13(9)15/h3-6,9-10H,7-8H2,1-2H3/t9-,10-/m0/s1. The molecule has 2 rings (SSSR count). The molecule has 2 nitrogen and oxygen atoms in total. The van der Waals surface area contributed by atoms with E-state index in [0.29, 0.717) is 11.1 Å². The molecule has 2 atom stereocenters. The van der Waals surface area contributed by atoms with Gasteiger partial charge in [-0.2, -0.15) is 0 Å². The molecule has 1 aromatic rings. The fourth-order valence-electron chi connectivity index (χ4n) is 2.21. The second-order valence-corrected chi connectivity index (χ2v) is 4.65. The molecule has 0 saturated carbocycles. The first-order valence-corrected chi connectivity index (χ1v) is 5.78. The number of fused-ring (bicyclic) bond motifs is 1. The number of carbonyl (C=O) groups is 2. The van der Waals surface area contributed by atoms with Crippen LogP contribution in [0.2, 0.25) is 0 Å². The van der Waals surface area contributed by atoms with E-state index in [1.165, 1.54) is 0 Å². The molecule has 0 spiro atoms. The van der Waals surface area contributed by atoms with Crippen molar-refractivity contribution in [1.82, 2.24) is 0 Å². The minimum Gasteiger partial charge on any atom is -0.294 e. The Hall–Kier alpha value is -1.44. The van der Waals surface area contributed by atoms with Crippen molar-refractivity contribution in [3.63, 3.8) is 0 Å². The van der Waals surface area contributed by atoms with Crippen molar-refractivity contribution in [2.24, 2.45) is 11.8 Å². The average molecular weight is 216 g/mol. The Morgan fingerprint density at radius 3 is 1.62 bits per heavy atom. The van der Waals surface area contributed by atoms with E-state index < -0.39 is 0 Å². The van der Waals surface area contributed by atoms with Crippen molar-refractivity contribution < 1.29 is 9.59 Å². The van der Waals surface area contributed by atoms with E-state index >= 15 is 0 Å². The van der Waals surface area contributed by atoms with Crippen molar-refractivity contribution in [1.29, 1.82) is 0 Å². The Balaban J connectivity index is 2.54. The molecule has 0 unspecified atom stereocenters. The van der Waals surface area contributed by atoms with E-state index in [2.05, 4.69) is 0 Å². The van der Waals surface area contributed by atoms with Gasteiger partial charge in [-0.1, -0.05) is 38.1 Å². The van der Waals surface area contributed by atoms with Gasteiger partial charge in [0.1, 0.15) is 0 Å². The molecule has 0 amide bonds. The largest absolute Gasteiger partial charge is 0.294 e. The Morgan fingerprint density at radius 1 is 0.875 bits per heavy atom. The van der Waals surface area contributed by atoms with Crippen LogP contribution < -0.4 is 0 Å². The lowest BCUT2D eigenvalue weighted by atomic mass is 9.82. The molecule has 0 aromatic heterocycles. The molecule has 0 saturated heterocycles. The molecule has 0 fully saturated rings. The highest BCUT2D eigenvalue weighted by atomic mass is 16.1. The van der Waals surface area contributed by atoms with Crippen LogP contribution in [0.15, 0.2) is 24.3 Å². The van der Waals surface area contributed by atoms with Crippen molar-refractivity contribution >= 4 is 11.6 Å². The van der Waals surface area contributed by atoms with E-state index in [4.69, 9.17) is 0 Å². The first-order valence-electron chi connectivity index (χ1n) is 5.78. The van der Waals surface area contributed by atoms with Crippen molar-refractivity contribution in [3.8, 4) is 0 Å². The van der Waals surface area contributed by atoms with Crippen LogP contribution in [0.25, 0.3) is 0 Å². The van der Waals surface area contributed by atoms with Gasteiger partial charge < -0.3 is 0 Å². The summed E-state index contributed by atoms with van der Waals surface area (Å²) >= 11 is 0. The summed E-state index contributed by atoms with van der Waals surface area (Å²) in [6, 6.07) is 7.18. The van der Waals surface area contributed by atoms with Crippen LogP contribution in [0.1, 0.15) is 47.4 Å². The van der Waals surface area contributed by atoms with E-state index in [0.717, 1.165) is 12.8 Å². The number of Topliss-reactive ketones (excluding diaryl/α,β-unsaturated/α-hetero) is 2. The van der Waals surface area contributed by atoms with E-state index in [9.17, 15) is 9.59 Å². The van der Waals surface area contributed by atoms with Crippen molar-refractivity contribution in [2.45, 2.75) is 26.7 Å². The molecule has 84 valence electrons. The van der Waals surface area contributed by atoms with Gasteiger partial charge in [-0.15, -0.1) is 0 Å². The lowest BCUT2D eigenvalue weighted by Crippen LogP contribution is -2.23. The Kier molecular flexibility index (Phi) is 2.90. The molecule has 1 aliphatic rings. The van der Waals surface area contributed by atoms with Gasteiger partial charge in [0, 0.05) is 23.0 Å². The first-order chi connectivity index (χ1) is 7.61. The second-order valence-electron chi connectivity index (χ2n) is 4.65. The Bertz CT molecular complexity index is 393. The average Bonchev–Trinajstić information content (AvgIpc) is 2.32. The number of ketones is 2. The topological polar surface area (TPSA) is 34.1 Å². The molecule has 0 N–H and O–H groups in total. The van der Waals surface area contributed by atoms with Gasteiger partial charge in [0.05, 0.1) is 0 Å². The normalized spacial score (nSPS) is 25.9. The van der Waals surface area contributed by atoms with Crippen molar-refractivity contribution in [3.05, 3.63) is 35.4 Å². The van der Waals surface area contributed by atoms with Crippen LogP contribution in [-0.2, 0) is 0 Å². The van der Waals surface area contributed by atoms with Crippen LogP contribution >= 0.6 is 0 Å². The number of carbonyl (C=O) groups excluding carboxylic acids is 2. The summed E-state index contributed by atoms with van der Waals surface area (Å²) in [6.07, 6.45) is 1.61. The molecule has 0 aliphatic heterocycles. The van der Waals surface area contributed by atoms with Gasteiger partial charge in [-0.05, 0) is 12.8 Å². The highest BCUT2D eigenvalue weighted by Gasteiger charge is 2.27. The summed E-state index contributed by atoms with van der Waals surface area (Å²) in [4.78, 5) is 24.2. The summed E-state index contributed by atoms with van der Waals surface area (Å²) in [5.41, 5.74) is 1.21. The Morgan fingerprint density at radius 2 is 1.25 bits per heavy atom. The zero-order chi connectivity index (χ0) is 11.7. The summed E-state index contributed by atoms with van der Waals surface area (Å²) in [5.74, 6) is 0.264. The summed E-state index contributed by atoms with van der Waals surface area (Å²) in [6.45, 7) is 3.89. The first kappa shape index (κ1) is 11.1. The minimum atomic E-state index is 0.0247. The summed E-state index contributed by atoms with van der Waals surface area (Å²) < 4.78 is 0. The third-order valence-corrected chi connectivity index (χ3v) is 3.39. The third kappa shape index (κ3) is 1.80. The zero-order valence-corrected chi connectivity index (χ0v) is 9.69. The van der Waals surface area contributed by atoms with Crippen LogP contribution in [0.4, 0.5) is 0 Å². The molecule has 1 aromatic carbocycles. The lowest BCUT2D eigenvalue weighted by molar-refractivity contribution is 0.0854. The number of hydrogen-bond donors (Lipinski definition) is 0.